The lowest BCUT2D eigenvalue weighted by Gasteiger charge is -2.07. The Bertz CT molecular complexity index is 732. The Morgan fingerprint density at radius 1 is 1.37 bits per heavy atom. The SMILES string of the molecule is Cc1ccsc1Cn1c(CCl)nc2cc(Br)ccc21. The molecule has 0 aliphatic carbocycles. The van der Waals surface area contributed by atoms with E-state index in [-0.39, 0.29) is 0 Å². The van der Waals surface area contributed by atoms with Gasteiger partial charge in [0.2, 0.25) is 0 Å². The topological polar surface area (TPSA) is 17.8 Å². The molecule has 0 fully saturated rings. The molecular weight excluding hydrogens is 344 g/mol. The first-order valence-electron chi connectivity index (χ1n) is 5.92. The standard InChI is InChI=1S/C14H12BrClN2S/c1-9-4-5-19-13(9)8-18-12-3-2-10(15)6-11(12)17-14(18)7-16/h2-6H,7-8H2,1H3. The number of hydrogen-bond acceptors (Lipinski definition) is 2. The second kappa shape index (κ2) is 5.27. The maximum Gasteiger partial charge on any atom is 0.125 e. The third kappa shape index (κ3) is 2.45. The van der Waals surface area contributed by atoms with Crippen LogP contribution in [0.3, 0.4) is 0 Å². The van der Waals surface area contributed by atoms with E-state index in [4.69, 9.17) is 11.6 Å². The van der Waals surface area contributed by atoms with Gasteiger partial charge in [-0.1, -0.05) is 15.9 Å². The van der Waals surface area contributed by atoms with Gasteiger partial charge in [0.15, 0.2) is 0 Å². The van der Waals surface area contributed by atoms with E-state index in [2.05, 4.69) is 49.9 Å². The van der Waals surface area contributed by atoms with Crippen LogP contribution in [0.1, 0.15) is 16.3 Å². The van der Waals surface area contributed by atoms with Crippen LogP contribution in [0.2, 0.25) is 0 Å². The lowest BCUT2D eigenvalue weighted by atomic mass is 10.3. The molecule has 0 saturated heterocycles. The van der Waals surface area contributed by atoms with Gasteiger partial charge in [0, 0.05) is 9.35 Å². The second-order valence-electron chi connectivity index (χ2n) is 4.41. The molecule has 19 heavy (non-hydrogen) atoms. The number of nitrogens with zero attached hydrogens (tertiary/aromatic N) is 2. The molecule has 0 atom stereocenters. The van der Waals surface area contributed by atoms with Gasteiger partial charge >= 0.3 is 0 Å². The Hall–Kier alpha value is -0.840. The summed E-state index contributed by atoms with van der Waals surface area (Å²) < 4.78 is 3.24. The summed E-state index contributed by atoms with van der Waals surface area (Å²) in [6, 6.07) is 8.31. The van der Waals surface area contributed by atoms with Gasteiger partial charge < -0.3 is 4.57 Å². The molecule has 0 radical (unpaired) electrons. The van der Waals surface area contributed by atoms with E-state index in [1.54, 1.807) is 11.3 Å². The van der Waals surface area contributed by atoms with Crippen LogP contribution in [0.5, 0.6) is 0 Å². The summed E-state index contributed by atoms with van der Waals surface area (Å²) in [5.74, 6) is 1.35. The predicted octanol–water partition coefficient (Wildman–Crippen LogP) is 4.96. The first-order valence-corrected chi connectivity index (χ1v) is 8.13. The maximum absolute atomic E-state index is 6.03. The van der Waals surface area contributed by atoms with Crippen LogP contribution >= 0.6 is 38.9 Å². The number of alkyl halides is 1. The van der Waals surface area contributed by atoms with Crippen LogP contribution in [0.25, 0.3) is 11.0 Å². The van der Waals surface area contributed by atoms with Crippen LogP contribution in [0.15, 0.2) is 34.1 Å². The maximum atomic E-state index is 6.03. The van der Waals surface area contributed by atoms with Crippen molar-refractivity contribution < 1.29 is 0 Å². The Labute approximate surface area is 129 Å². The summed E-state index contributed by atoms with van der Waals surface area (Å²) in [5.41, 5.74) is 3.44. The van der Waals surface area contributed by atoms with E-state index in [0.29, 0.717) is 5.88 Å². The number of imidazole rings is 1. The van der Waals surface area contributed by atoms with Crippen LogP contribution in [-0.2, 0) is 12.4 Å². The van der Waals surface area contributed by atoms with Gasteiger partial charge in [-0.2, -0.15) is 0 Å². The van der Waals surface area contributed by atoms with Crippen molar-refractivity contribution in [3.63, 3.8) is 0 Å². The van der Waals surface area contributed by atoms with Crippen molar-refractivity contribution in [2.45, 2.75) is 19.3 Å². The first kappa shape index (κ1) is 13.2. The summed E-state index contributed by atoms with van der Waals surface area (Å²) in [6.07, 6.45) is 0. The Kier molecular flexibility index (Phi) is 3.65. The molecule has 0 bridgehead atoms. The van der Waals surface area contributed by atoms with Crippen molar-refractivity contribution in [2.75, 3.05) is 0 Å². The number of halogens is 2. The molecule has 0 saturated carbocycles. The fraction of sp³-hybridized carbons (Fsp3) is 0.214. The average molecular weight is 356 g/mol. The number of benzene rings is 1. The van der Waals surface area contributed by atoms with Crippen molar-refractivity contribution in [3.05, 3.63) is 50.4 Å². The molecule has 98 valence electrons. The predicted molar refractivity (Wildman–Crippen MR) is 85.1 cm³/mol. The number of aromatic nitrogens is 2. The zero-order chi connectivity index (χ0) is 13.4. The van der Waals surface area contributed by atoms with Crippen LogP contribution < -0.4 is 0 Å². The third-order valence-corrected chi connectivity index (χ3v) is 4.92. The Morgan fingerprint density at radius 2 is 2.21 bits per heavy atom. The van der Waals surface area contributed by atoms with Gasteiger partial charge in [-0.15, -0.1) is 22.9 Å². The zero-order valence-electron chi connectivity index (χ0n) is 10.4. The van der Waals surface area contributed by atoms with Gasteiger partial charge in [0.05, 0.1) is 23.5 Å². The summed E-state index contributed by atoms with van der Waals surface area (Å²) in [7, 11) is 0. The lowest BCUT2D eigenvalue weighted by Crippen LogP contribution is -2.03. The van der Waals surface area contributed by atoms with Crippen molar-refractivity contribution in [1.82, 2.24) is 9.55 Å². The van der Waals surface area contributed by atoms with Crippen molar-refractivity contribution in [1.29, 1.82) is 0 Å². The molecule has 3 rings (SSSR count). The molecule has 0 amide bonds. The molecule has 1 aromatic carbocycles. The molecule has 0 aliphatic rings. The molecule has 0 spiro atoms. The fourth-order valence-electron chi connectivity index (χ4n) is 2.14. The minimum Gasteiger partial charge on any atom is -0.322 e. The largest absolute Gasteiger partial charge is 0.322 e. The highest BCUT2D eigenvalue weighted by molar-refractivity contribution is 9.10. The summed E-state index contributed by atoms with van der Waals surface area (Å²) in [4.78, 5) is 5.96. The molecule has 2 aromatic heterocycles. The number of rotatable bonds is 3. The summed E-state index contributed by atoms with van der Waals surface area (Å²) in [5, 5.41) is 2.13. The zero-order valence-corrected chi connectivity index (χ0v) is 13.5. The highest BCUT2D eigenvalue weighted by atomic mass is 79.9. The Balaban J connectivity index is 2.13. The number of hydrogen-bond donors (Lipinski definition) is 0. The summed E-state index contributed by atoms with van der Waals surface area (Å²) in [6.45, 7) is 2.98. The lowest BCUT2D eigenvalue weighted by molar-refractivity contribution is 0.786. The van der Waals surface area contributed by atoms with E-state index in [1.807, 2.05) is 12.1 Å². The molecule has 2 nitrogen and oxygen atoms in total. The minimum atomic E-state index is 0.427. The highest BCUT2D eigenvalue weighted by Crippen LogP contribution is 2.25. The summed E-state index contributed by atoms with van der Waals surface area (Å²) >= 11 is 11.3. The average Bonchev–Trinajstić information content (AvgIpc) is 2.94. The Morgan fingerprint density at radius 3 is 2.89 bits per heavy atom. The van der Waals surface area contributed by atoms with Gasteiger partial charge in [-0.3, -0.25) is 0 Å². The van der Waals surface area contributed by atoms with E-state index in [9.17, 15) is 0 Å². The minimum absolute atomic E-state index is 0.427. The highest BCUT2D eigenvalue weighted by Gasteiger charge is 2.12. The fourth-order valence-corrected chi connectivity index (χ4v) is 3.59. The van der Waals surface area contributed by atoms with E-state index in [1.165, 1.54) is 10.4 Å². The molecular formula is C14H12BrClN2S. The van der Waals surface area contributed by atoms with Gasteiger partial charge in [-0.05, 0) is 42.1 Å². The van der Waals surface area contributed by atoms with Gasteiger partial charge in [0.25, 0.3) is 0 Å². The van der Waals surface area contributed by atoms with Crippen LogP contribution in [-0.4, -0.2) is 9.55 Å². The molecule has 0 unspecified atom stereocenters. The van der Waals surface area contributed by atoms with Crippen LogP contribution in [0.4, 0.5) is 0 Å². The van der Waals surface area contributed by atoms with E-state index in [0.717, 1.165) is 27.9 Å². The first-order chi connectivity index (χ1) is 9.19. The van der Waals surface area contributed by atoms with Crippen molar-refractivity contribution in [2.24, 2.45) is 0 Å². The molecule has 3 aromatic rings. The molecule has 5 heteroatoms. The molecule has 0 N–H and O–H groups in total. The number of thiophene rings is 1. The number of aryl methyl sites for hydroxylation is 1. The van der Waals surface area contributed by atoms with Crippen molar-refractivity contribution >= 4 is 49.9 Å². The van der Waals surface area contributed by atoms with Gasteiger partial charge in [0.1, 0.15) is 5.82 Å². The number of fused-ring (bicyclic) bond motifs is 1. The monoisotopic (exact) mass is 354 g/mol. The van der Waals surface area contributed by atoms with Gasteiger partial charge in [-0.25, -0.2) is 4.98 Å². The van der Waals surface area contributed by atoms with Crippen LogP contribution in [0, 0.1) is 6.92 Å². The normalized spacial score (nSPS) is 11.3. The molecule has 0 aliphatic heterocycles. The molecule has 2 heterocycles. The quantitative estimate of drug-likeness (QED) is 0.607. The van der Waals surface area contributed by atoms with E-state index >= 15 is 0 Å². The smallest absolute Gasteiger partial charge is 0.125 e. The van der Waals surface area contributed by atoms with E-state index < -0.39 is 0 Å². The second-order valence-corrected chi connectivity index (χ2v) is 6.59. The third-order valence-electron chi connectivity index (χ3n) is 3.18. The van der Waals surface area contributed by atoms with Crippen molar-refractivity contribution in [3.8, 4) is 0 Å².